The monoisotopic (exact) mass is 365 g/mol. The molecule has 0 atom stereocenters. The van der Waals surface area contributed by atoms with E-state index in [1.54, 1.807) is 0 Å². The number of hydrogen-bond acceptors (Lipinski definition) is 10. The fraction of sp³-hybridized carbons (Fsp3) is 0.500. The van der Waals surface area contributed by atoms with E-state index in [0.717, 1.165) is 0 Å². The van der Waals surface area contributed by atoms with Gasteiger partial charge in [0.15, 0.2) is 20.2 Å². The van der Waals surface area contributed by atoms with Crippen molar-refractivity contribution in [3.63, 3.8) is 0 Å². The number of rotatable bonds is 3. The van der Waals surface area contributed by atoms with Crippen LogP contribution in [0.4, 0.5) is 0 Å². The molecule has 0 spiro atoms. The molecular weight excluding hydrogens is 341 g/mol. The normalized spacial score (nSPS) is 8.96. The Morgan fingerprint density at radius 1 is 0.783 bits per heavy atom. The van der Waals surface area contributed by atoms with E-state index < -0.39 is 7.82 Å². The highest BCUT2D eigenvalue weighted by atomic mass is 31.2. The first-order valence-electron chi connectivity index (χ1n) is 5.39. The van der Waals surface area contributed by atoms with Crippen molar-refractivity contribution in [2.45, 2.75) is 0 Å². The van der Waals surface area contributed by atoms with Crippen LogP contribution < -0.4 is 47.8 Å². The summed E-state index contributed by atoms with van der Waals surface area (Å²) in [4.78, 5) is 25.6. The second kappa shape index (κ2) is 20.3. The Hall–Kier alpha value is -1.72. The van der Waals surface area contributed by atoms with Gasteiger partial charge in [-0.05, 0) is 0 Å². The summed E-state index contributed by atoms with van der Waals surface area (Å²) in [7, 11) is -5.39. The quantitative estimate of drug-likeness (QED) is 0.0968. The number of nitrogens with one attached hydrogen (secondary N) is 3. The van der Waals surface area contributed by atoms with Crippen molar-refractivity contribution in [1.29, 1.82) is 16.2 Å². The average Bonchev–Trinajstić information content (AvgIpc) is 2.27. The van der Waals surface area contributed by atoms with Crippen LogP contribution in [0.3, 0.4) is 0 Å². The molecule has 17 heteroatoms. The molecule has 0 aromatic rings. The van der Waals surface area contributed by atoms with Crippen molar-refractivity contribution < 1.29 is 50.5 Å². The SMILES string of the molecule is N=C(N)[NH2+]CO.N=C(N)[NH2+]CO.N=C(N)[NH2+]CO.O=P([O-])([O-])[O-]. The Morgan fingerprint density at radius 3 is 0.913 bits per heavy atom. The molecule has 0 rings (SSSR count). The molecule has 0 unspecified atom stereocenters. The first-order chi connectivity index (χ1) is 10.3. The molecule has 0 aromatic carbocycles. The maximum absolute atomic E-state index is 8.55. The highest BCUT2D eigenvalue weighted by molar-refractivity contribution is 7.40. The Morgan fingerprint density at radius 2 is 0.913 bits per heavy atom. The summed E-state index contributed by atoms with van der Waals surface area (Å²) in [5.74, 6) is -0.257. The van der Waals surface area contributed by atoms with Crippen LogP contribution in [0.15, 0.2) is 0 Å². The minimum atomic E-state index is -5.39. The van der Waals surface area contributed by atoms with Gasteiger partial charge in [-0.1, -0.05) is 0 Å². The third kappa shape index (κ3) is 128. The third-order valence-electron chi connectivity index (χ3n) is 0.934. The van der Waals surface area contributed by atoms with E-state index in [2.05, 4.69) is 0 Å². The molecule has 0 radical (unpaired) electrons. The number of hydrogen-bond donors (Lipinski definition) is 12. The van der Waals surface area contributed by atoms with Crippen molar-refractivity contribution in [3.8, 4) is 0 Å². The van der Waals surface area contributed by atoms with Gasteiger partial charge in [0.2, 0.25) is 0 Å². The molecule has 0 aliphatic carbocycles. The van der Waals surface area contributed by atoms with Gasteiger partial charge in [-0.25, -0.2) is 16.2 Å². The van der Waals surface area contributed by atoms with Crippen molar-refractivity contribution >= 4 is 25.7 Å². The molecule has 0 aliphatic heterocycles. The number of phosphoric acid groups is 1. The van der Waals surface area contributed by atoms with Crippen molar-refractivity contribution in [1.82, 2.24) is 0 Å². The lowest BCUT2D eigenvalue weighted by atomic mass is 11.0. The highest BCUT2D eigenvalue weighted by Gasteiger charge is 1.83. The molecule has 0 heterocycles. The van der Waals surface area contributed by atoms with Crippen LogP contribution in [0, 0.1) is 16.2 Å². The van der Waals surface area contributed by atoms with Gasteiger partial charge in [0, 0.05) is 0 Å². The maximum atomic E-state index is 8.55. The third-order valence-corrected chi connectivity index (χ3v) is 0.934. The standard InChI is InChI=1S/3C2H7N3O.H3O4P/c3*3-2(4)5-1-6;1-5(2,3)4/h3*6H,1H2,(H4,3,4,5);(H3,1,2,3,4). The fourth-order valence-electron chi connectivity index (χ4n) is 0.295. The first kappa shape index (κ1) is 29.3. The van der Waals surface area contributed by atoms with Crippen LogP contribution in [-0.2, 0) is 4.57 Å². The van der Waals surface area contributed by atoms with E-state index >= 15 is 0 Å². The summed E-state index contributed by atoms with van der Waals surface area (Å²) < 4.78 is 8.55. The van der Waals surface area contributed by atoms with Crippen molar-refractivity contribution in [3.05, 3.63) is 0 Å². The molecule has 0 aliphatic rings. The molecule has 0 aromatic heterocycles. The number of aliphatic hydroxyl groups excluding tert-OH is 3. The van der Waals surface area contributed by atoms with E-state index in [0.29, 0.717) is 0 Å². The van der Waals surface area contributed by atoms with Crippen LogP contribution >= 0.6 is 7.82 Å². The Labute approximate surface area is 131 Å². The zero-order valence-corrected chi connectivity index (χ0v) is 12.9. The van der Waals surface area contributed by atoms with Crippen LogP contribution in [0.2, 0.25) is 0 Å². The van der Waals surface area contributed by atoms with E-state index in [-0.39, 0.29) is 38.1 Å². The van der Waals surface area contributed by atoms with Gasteiger partial charge in [0.25, 0.3) is 17.9 Å². The van der Waals surface area contributed by atoms with Crippen molar-refractivity contribution in [2.24, 2.45) is 17.2 Å². The molecule has 16 nitrogen and oxygen atoms in total. The zero-order chi connectivity index (χ0) is 19.5. The second-order valence-corrected chi connectivity index (χ2v) is 3.87. The van der Waals surface area contributed by atoms with Crippen LogP contribution in [-0.4, -0.2) is 53.4 Å². The molecule has 0 bridgehead atoms. The molecule has 0 saturated carbocycles. The summed E-state index contributed by atoms with van der Waals surface area (Å²) in [5, 5.41) is 46.9. The average molecular weight is 365 g/mol. The molecular formula is C6H24N9O7P. The molecule has 0 amide bonds. The molecule has 23 heavy (non-hydrogen) atoms. The predicted molar refractivity (Wildman–Crippen MR) is 70.4 cm³/mol. The minimum absolute atomic E-state index is 0.0856. The van der Waals surface area contributed by atoms with Gasteiger partial charge in [-0.3, -0.25) is 16.0 Å². The van der Waals surface area contributed by atoms with Crippen LogP contribution in [0.25, 0.3) is 0 Å². The van der Waals surface area contributed by atoms with Crippen molar-refractivity contribution in [2.75, 3.05) is 20.2 Å². The Bertz CT molecular complexity index is 316. The Kier molecular flexibility index (Phi) is 25.8. The lowest BCUT2D eigenvalue weighted by molar-refractivity contribution is -0.580. The largest absolute Gasteiger partial charge is 0.822 e. The Balaban J connectivity index is -0.000000105. The summed E-state index contributed by atoms with van der Waals surface area (Å²) >= 11 is 0. The summed E-state index contributed by atoms with van der Waals surface area (Å²) in [6.07, 6.45) is 0. The minimum Gasteiger partial charge on any atom is -0.822 e. The zero-order valence-electron chi connectivity index (χ0n) is 12.0. The van der Waals surface area contributed by atoms with Gasteiger partial charge >= 0.3 is 0 Å². The first-order valence-corrected chi connectivity index (χ1v) is 6.85. The number of guanidine groups is 3. The van der Waals surface area contributed by atoms with E-state index in [1.807, 2.05) is 0 Å². The number of aliphatic hydroxyl groups is 3. The van der Waals surface area contributed by atoms with Gasteiger partial charge in [0.05, 0.1) is 0 Å². The van der Waals surface area contributed by atoms with E-state index in [1.165, 1.54) is 16.0 Å². The smallest absolute Gasteiger partial charge is 0.290 e. The van der Waals surface area contributed by atoms with Gasteiger partial charge < -0.3 is 51.8 Å². The lowest BCUT2D eigenvalue weighted by Gasteiger charge is -2.36. The lowest BCUT2D eigenvalue weighted by Crippen LogP contribution is -2.90. The molecule has 0 fully saturated rings. The number of quaternary nitrogens is 3. The number of nitrogens with two attached hydrogens (primary N) is 6. The maximum Gasteiger partial charge on any atom is 0.290 e. The molecule has 0 saturated heterocycles. The molecule has 140 valence electrons. The summed E-state index contributed by atoms with van der Waals surface area (Å²) in [6.45, 7) is -0.431. The van der Waals surface area contributed by atoms with E-state index in [4.69, 9.17) is 68.0 Å². The fourth-order valence-corrected chi connectivity index (χ4v) is 0.295. The highest BCUT2D eigenvalue weighted by Crippen LogP contribution is 2.03. The van der Waals surface area contributed by atoms with Crippen LogP contribution in [0.1, 0.15) is 0 Å². The summed E-state index contributed by atoms with van der Waals surface area (Å²) in [6, 6.07) is 0. The molecule has 18 N–H and O–H groups in total. The van der Waals surface area contributed by atoms with Gasteiger partial charge in [-0.2, -0.15) is 7.82 Å². The van der Waals surface area contributed by atoms with Gasteiger partial charge in [0.1, 0.15) is 0 Å². The van der Waals surface area contributed by atoms with E-state index in [9.17, 15) is 0 Å². The second-order valence-electron chi connectivity index (χ2n) is 2.97. The predicted octanol–water partition coefficient (Wildman–Crippen LogP) is -10.6. The topological polar surface area (TPSA) is 346 Å². The summed E-state index contributed by atoms with van der Waals surface area (Å²) in [5.41, 5.74) is 14.3. The van der Waals surface area contributed by atoms with Gasteiger partial charge in [-0.15, -0.1) is 0 Å². The van der Waals surface area contributed by atoms with Crippen LogP contribution in [0.5, 0.6) is 0 Å².